The van der Waals surface area contributed by atoms with Gasteiger partial charge in [-0.3, -0.25) is 0 Å². The molecule has 0 amide bonds. The summed E-state index contributed by atoms with van der Waals surface area (Å²) in [6.07, 6.45) is 5.59. The number of pyridine rings is 1. The summed E-state index contributed by atoms with van der Waals surface area (Å²) in [6, 6.07) is 22.2. The van der Waals surface area contributed by atoms with Gasteiger partial charge in [-0.15, -0.1) is 34.9 Å². The summed E-state index contributed by atoms with van der Waals surface area (Å²) in [5, 5.41) is 0. The first kappa shape index (κ1) is 24.4. The Kier molecular flexibility index (Phi) is 6.12. The Hall–Kier alpha value is -2.68. The Morgan fingerprint density at radius 1 is 0.647 bits per heavy atom. The van der Waals surface area contributed by atoms with Gasteiger partial charge in [0.2, 0.25) is 0 Å². The van der Waals surface area contributed by atoms with E-state index in [1.165, 1.54) is 11.1 Å². The smallest absolute Gasteiger partial charge is 0.160 e. The van der Waals surface area contributed by atoms with Crippen molar-refractivity contribution >= 4 is 0 Å². The van der Waals surface area contributed by atoms with E-state index in [1.54, 1.807) is 0 Å². The van der Waals surface area contributed by atoms with Gasteiger partial charge < -0.3 is 4.98 Å². The van der Waals surface area contributed by atoms with Crippen LogP contribution in [0.4, 0.5) is 0 Å². The average molecular weight is 625 g/mol. The molecule has 2 heterocycles. The number of rotatable bonds is 3. The topological polar surface area (TPSA) is 38.7 Å². The van der Waals surface area contributed by atoms with Gasteiger partial charge in [0.15, 0.2) is 5.82 Å². The minimum atomic E-state index is 0. The summed E-state index contributed by atoms with van der Waals surface area (Å²) >= 11 is 0. The maximum atomic E-state index is 4.74. The monoisotopic (exact) mass is 625 g/mol. The van der Waals surface area contributed by atoms with Crippen molar-refractivity contribution in [1.29, 1.82) is 0 Å². The molecule has 0 aliphatic heterocycles. The Bertz CT molecular complexity index is 1310. The molecule has 1 radical (unpaired) electrons. The molecule has 3 nitrogen and oxygen atoms in total. The van der Waals surface area contributed by atoms with E-state index in [0.717, 1.165) is 27.9 Å². The predicted molar refractivity (Wildman–Crippen MR) is 135 cm³/mol. The maximum absolute atomic E-state index is 4.74. The van der Waals surface area contributed by atoms with Crippen molar-refractivity contribution in [1.82, 2.24) is 15.0 Å². The van der Waals surface area contributed by atoms with Crippen LogP contribution in [0.15, 0.2) is 73.2 Å². The van der Waals surface area contributed by atoms with Gasteiger partial charge in [-0.1, -0.05) is 84.0 Å². The molecule has 1 aliphatic carbocycles. The largest absolute Gasteiger partial charge is 0.304 e. The van der Waals surface area contributed by atoms with Crippen LogP contribution in [0.3, 0.4) is 0 Å². The van der Waals surface area contributed by atoms with Crippen LogP contribution in [-0.2, 0) is 30.9 Å². The van der Waals surface area contributed by atoms with Crippen LogP contribution < -0.4 is 0 Å². The van der Waals surface area contributed by atoms with E-state index < -0.39 is 0 Å². The van der Waals surface area contributed by atoms with Gasteiger partial charge in [0.05, 0.1) is 0 Å². The fraction of sp³-hybridized carbons (Fsp3) is 0.300. The summed E-state index contributed by atoms with van der Waals surface area (Å²) < 4.78 is 0. The van der Waals surface area contributed by atoms with Crippen LogP contribution in [-0.4, -0.2) is 15.0 Å². The van der Waals surface area contributed by atoms with E-state index in [0.29, 0.717) is 5.82 Å². The zero-order valence-corrected chi connectivity index (χ0v) is 23.0. The second-order valence-electron chi connectivity index (χ2n) is 10.6. The molecule has 0 saturated heterocycles. The van der Waals surface area contributed by atoms with E-state index in [9.17, 15) is 0 Å². The molecular weight excluding hydrogens is 595 g/mol. The molecule has 0 bridgehead atoms. The van der Waals surface area contributed by atoms with Gasteiger partial charge in [-0.25, -0.2) is 9.97 Å². The second-order valence-corrected chi connectivity index (χ2v) is 10.6. The molecule has 0 fully saturated rings. The molecule has 175 valence electrons. The van der Waals surface area contributed by atoms with Crippen molar-refractivity contribution < 1.29 is 20.1 Å². The van der Waals surface area contributed by atoms with Crippen LogP contribution in [0.2, 0.25) is 0 Å². The fourth-order valence-electron chi connectivity index (χ4n) is 5.07. The van der Waals surface area contributed by atoms with Crippen molar-refractivity contribution in [3.05, 3.63) is 90.4 Å². The SMILES string of the molecule is CC1(C)c2c[c-]c(-c3ccc(-c4ncc(-c5ccccc5)cn4)cn3)cc2C(C)(C)C1(C)C.[Ir]. The van der Waals surface area contributed by atoms with Crippen molar-refractivity contribution in [2.45, 2.75) is 52.4 Å². The third-order valence-corrected chi connectivity index (χ3v) is 8.48. The quantitative estimate of drug-likeness (QED) is 0.225. The Morgan fingerprint density at radius 3 is 1.88 bits per heavy atom. The van der Waals surface area contributed by atoms with Gasteiger partial charge in [-0.05, 0) is 27.5 Å². The van der Waals surface area contributed by atoms with E-state index in [-0.39, 0.29) is 36.4 Å². The minimum absolute atomic E-state index is 0. The standard InChI is InChI=1S/C30H30N3.Ir/c1-28(2)24-14-12-21(16-25(24)29(3,4)30(28,5)6)26-15-13-22(17-31-26)27-32-18-23(19-33-27)20-10-8-7-9-11-20;/h7-11,13-19H,1-6H3;/q-1;. The first-order valence-electron chi connectivity index (χ1n) is 11.5. The molecule has 0 unspecified atom stereocenters. The zero-order chi connectivity index (χ0) is 23.4. The minimum Gasteiger partial charge on any atom is -0.304 e. The molecule has 2 aromatic carbocycles. The number of nitrogens with zero attached hydrogens (tertiary/aromatic N) is 3. The second kappa shape index (κ2) is 8.52. The molecule has 2 aromatic heterocycles. The Balaban J connectivity index is 0.00000274. The molecular formula is C30H30IrN3-. The molecule has 4 aromatic rings. The Morgan fingerprint density at radius 2 is 1.26 bits per heavy atom. The van der Waals surface area contributed by atoms with Crippen LogP contribution in [0.5, 0.6) is 0 Å². The summed E-state index contributed by atoms with van der Waals surface area (Å²) in [7, 11) is 0. The average Bonchev–Trinajstić information content (AvgIpc) is 2.94. The van der Waals surface area contributed by atoms with E-state index in [2.05, 4.69) is 81.8 Å². The zero-order valence-electron chi connectivity index (χ0n) is 20.6. The number of benzene rings is 2. The molecule has 0 atom stereocenters. The van der Waals surface area contributed by atoms with E-state index in [4.69, 9.17) is 4.98 Å². The van der Waals surface area contributed by atoms with Gasteiger partial charge in [0.1, 0.15) is 0 Å². The number of hydrogen-bond acceptors (Lipinski definition) is 3. The van der Waals surface area contributed by atoms with Gasteiger partial charge >= 0.3 is 0 Å². The Labute approximate surface area is 216 Å². The normalized spacial score (nSPS) is 17.0. The van der Waals surface area contributed by atoms with Crippen LogP contribution in [0, 0.1) is 11.5 Å². The summed E-state index contributed by atoms with van der Waals surface area (Å²) in [5.41, 5.74) is 8.04. The first-order valence-corrected chi connectivity index (χ1v) is 11.5. The van der Waals surface area contributed by atoms with Crippen LogP contribution in [0.25, 0.3) is 33.8 Å². The molecule has 0 saturated carbocycles. The fourth-order valence-corrected chi connectivity index (χ4v) is 5.07. The van der Waals surface area contributed by atoms with E-state index >= 15 is 0 Å². The van der Waals surface area contributed by atoms with Gasteiger partial charge in [0.25, 0.3) is 0 Å². The van der Waals surface area contributed by atoms with Gasteiger partial charge in [-0.2, -0.15) is 0 Å². The van der Waals surface area contributed by atoms with Gasteiger partial charge in [0, 0.05) is 49.8 Å². The summed E-state index contributed by atoms with van der Waals surface area (Å²) in [6.45, 7) is 14.2. The van der Waals surface area contributed by atoms with Crippen molar-refractivity contribution in [3.8, 4) is 33.8 Å². The molecule has 1 aliphatic rings. The van der Waals surface area contributed by atoms with Crippen molar-refractivity contribution in [2.75, 3.05) is 0 Å². The molecule has 5 rings (SSSR count). The number of hydrogen-bond donors (Lipinski definition) is 0. The molecule has 0 spiro atoms. The number of fused-ring (bicyclic) bond motifs is 1. The number of aromatic nitrogens is 3. The molecule has 0 N–H and O–H groups in total. The molecule has 34 heavy (non-hydrogen) atoms. The predicted octanol–water partition coefficient (Wildman–Crippen LogP) is 7.27. The van der Waals surface area contributed by atoms with E-state index in [1.807, 2.05) is 48.9 Å². The third kappa shape index (κ3) is 3.64. The summed E-state index contributed by atoms with van der Waals surface area (Å²) in [5.74, 6) is 0.677. The van der Waals surface area contributed by atoms with Crippen LogP contribution >= 0.6 is 0 Å². The first-order chi connectivity index (χ1) is 15.6. The van der Waals surface area contributed by atoms with Crippen LogP contribution in [0.1, 0.15) is 52.7 Å². The third-order valence-electron chi connectivity index (χ3n) is 8.48. The van der Waals surface area contributed by atoms with Crippen molar-refractivity contribution in [2.24, 2.45) is 5.41 Å². The molecule has 4 heteroatoms. The maximum Gasteiger partial charge on any atom is 0.160 e. The summed E-state index contributed by atoms with van der Waals surface area (Å²) in [4.78, 5) is 13.9. The van der Waals surface area contributed by atoms with Crippen molar-refractivity contribution in [3.63, 3.8) is 0 Å².